The first kappa shape index (κ1) is 11.5. The third kappa shape index (κ3) is 2.57. The normalized spacial score (nSPS) is 16.2. The number of benzene rings is 1. The second-order valence-corrected chi connectivity index (χ2v) is 5.03. The van der Waals surface area contributed by atoms with Crippen LogP contribution in [0.25, 0.3) is 0 Å². The molecule has 0 atom stereocenters. The molecule has 3 nitrogen and oxygen atoms in total. The molecule has 0 aromatic heterocycles. The molecule has 4 heteroatoms. The lowest BCUT2D eigenvalue weighted by molar-refractivity contribution is 0.0772. The predicted molar refractivity (Wildman–Crippen MR) is 67.6 cm³/mol. The van der Waals surface area contributed by atoms with Crippen LogP contribution < -0.4 is 5.73 Å². The zero-order valence-corrected chi connectivity index (χ0v) is 10.0. The van der Waals surface area contributed by atoms with Crippen molar-refractivity contribution in [2.24, 2.45) is 5.73 Å². The summed E-state index contributed by atoms with van der Waals surface area (Å²) in [5.74, 6) is 2.22. The van der Waals surface area contributed by atoms with Gasteiger partial charge in [-0.15, -0.1) is 0 Å². The van der Waals surface area contributed by atoms with Gasteiger partial charge in [0.25, 0.3) is 5.91 Å². The Morgan fingerprint density at radius 3 is 2.81 bits per heavy atom. The minimum Gasteiger partial charge on any atom is -0.337 e. The Morgan fingerprint density at radius 1 is 1.38 bits per heavy atom. The molecule has 2 N–H and O–H groups in total. The maximum Gasteiger partial charge on any atom is 0.253 e. The minimum atomic E-state index is 0.135. The van der Waals surface area contributed by atoms with Gasteiger partial charge in [0, 0.05) is 36.7 Å². The second kappa shape index (κ2) is 5.37. The van der Waals surface area contributed by atoms with Crippen molar-refractivity contribution >= 4 is 17.7 Å². The molecule has 86 valence electrons. The van der Waals surface area contributed by atoms with Crippen molar-refractivity contribution < 1.29 is 4.79 Å². The van der Waals surface area contributed by atoms with E-state index >= 15 is 0 Å². The van der Waals surface area contributed by atoms with E-state index in [0.29, 0.717) is 6.54 Å². The fourth-order valence-corrected chi connectivity index (χ4v) is 2.68. The summed E-state index contributed by atoms with van der Waals surface area (Å²) in [4.78, 5) is 14.1. The van der Waals surface area contributed by atoms with Gasteiger partial charge in [0.2, 0.25) is 0 Å². The summed E-state index contributed by atoms with van der Waals surface area (Å²) in [5, 5.41) is 0. The van der Waals surface area contributed by atoms with Gasteiger partial charge in [-0.2, -0.15) is 11.8 Å². The van der Waals surface area contributed by atoms with E-state index in [4.69, 9.17) is 5.73 Å². The van der Waals surface area contributed by atoms with Crippen molar-refractivity contribution in [3.63, 3.8) is 0 Å². The SMILES string of the molecule is NCc1cccc(C(=O)N2CCSCC2)c1. The molecule has 2 rings (SSSR count). The van der Waals surface area contributed by atoms with Crippen LogP contribution >= 0.6 is 11.8 Å². The van der Waals surface area contributed by atoms with Crippen molar-refractivity contribution in [3.05, 3.63) is 35.4 Å². The van der Waals surface area contributed by atoms with Gasteiger partial charge in [-0.25, -0.2) is 0 Å². The van der Waals surface area contributed by atoms with Crippen LogP contribution in [0.2, 0.25) is 0 Å². The lowest BCUT2D eigenvalue weighted by Gasteiger charge is -2.26. The van der Waals surface area contributed by atoms with Gasteiger partial charge in [-0.3, -0.25) is 4.79 Å². The van der Waals surface area contributed by atoms with Crippen LogP contribution in [0.3, 0.4) is 0 Å². The van der Waals surface area contributed by atoms with E-state index in [1.54, 1.807) is 0 Å². The van der Waals surface area contributed by atoms with Crippen LogP contribution in [-0.2, 0) is 6.54 Å². The number of amides is 1. The predicted octanol–water partition coefficient (Wildman–Crippen LogP) is 1.33. The topological polar surface area (TPSA) is 46.3 Å². The monoisotopic (exact) mass is 236 g/mol. The highest BCUT2D eigenvalue weighted by Crippen LogP contribution is 2.13. The minimum absolute atomic E-state index is 0.135. The Bertz CT molecular complexity index is 375. The first-order valence-electron chi connectivity index (χ1n) is 5.47. The van der Waals surface area contributed by atoms with Crippen molar-refractivity contribution in [1.29, 1.82) is 0 Å². The molecule has 0 bridgehead atoms. The molecule has 1 fully saturated rings. The second-order valence-electron chi connectivity index (χ2n) is 3.81. The number of thioether (sulfide) groups is 1. The fourth-order valence-electron chi connectivity index (χ4n) is 1.78. The summed E-state index contributed by atoms with van der Waals surface area (Å²) < 4.78 is 0. The first-order valence-corrected chi connectivity index (χ1v) is 6.63. The quantitative estimate of drug-likeness (QED) is 0.842. The standard InChI is InChI=1S/C12H16N2OS/c13-9-10-2-1-3-11(8-10)12(15)14-4-6-16-7-5-14/h1-3,8H,4-7,9,13H2. The largest absolute Gasteiger partial charge is 0.337 e. The van der Waals surface area contributed by atoms with E-state index < -0.39 is 0 Å². The molecule has 0 unspecified atom stereocenters. The molecule has 1 aromatic rings. The number of carbonyl (C=O) groups is 1. The summed E-state index contributed by atoms with van der Waals surface area (Å²) in [5.41, 5.74) is 7.34. The lowest BCUT2D eigenvalue weighted by atomic mass is 10.1. The number of nitrogens with two attached hydrogens (primary N) is 1. The van der Waals surface area contributed by atoms with Gasteiger partial charge in [-0.1, -0.05) is 12.1 Å². The van der Waals surface area contributed by atoms with Crippen molar-refractivity contribution in [2.45, 2.75) is 6.54 Å². The number of rotatable bonds is 2. The van der Waals surface area contributed by atoms with Crippen molar-refractivity contribution in [2.75, 3.05) is 24.6 Å². The van der Waals surface area contributed by atoms with Gasteiger partial charge in [-0.05, 0) is 17.7 Å². The van der Waals surface area contributed by atoms with Crippen LogP contribution in [0.4, 0.5) is 0 Å². The van der Waals surface area contributed by atoms with Crippen LogP contribution in [0.5, 0.6) is 0 Å². The summed E-state index contributed by atoms with van der Waals surface area (Å²) in [7, 11) is 0. The third-order valence-corrected chi connectivity index (χ3v) is 3.65. The highest BCUT2D eigenvalue weighted by atomic mass is 32.2. The zero-order chi connectivity index (χ0) is 11.4. The maximum absolute atomic E-state index is 12.1. The van der Waals surface area contributed by atoms with Crippen LogP contribution in [0.15, 0.2) is 24.3 Å². The Kier molecular flexibility index (Phi) is 3.85. The molecule has 1 aliphatic rings. The van der Waals surface area contributed by atoms with Crippen LogP contribution in [0, 0.1) is 0 Å². The van der Waals surface area contributed by atoms with Crippen LogP contribution in [-0.4, -0.2) is 35.4 Å². The maximum atomic E-state index is 12.1. The van der Waals surface area contributed by atoms with E-state index in [1.165, 1.54) is 0 Å². The fraction of sp³-hybridized carbons (Fsp3) is 0.417. The highest BCUT2D eigenvalue weighted by Gasteiger charge is 2.18. The van der Waals surface area contributed by atoms with Gasteiger partial charge < -0.3 is 10.6 Å². The molecule has 0 radical (unpaired) electrons. The van der Waals surface area contributed by atoms with E-state index in [0.717, 1.165) is 35.7 Å². The molecular weight excluding hydrogens is 220 g/mol. The van der Waals surface area contributed by atoms with Gasteiger partial charge in [0.15, 0.2) is 0 Å². The first-order chi connectivity index (χ1) is 7.81. The average molecular weight is 236 g/mol. The Balaban J connectivity index is 2.12. The molecule has 0 spiro atoms. The van der Waals surface area contributed by atoms with E-state index in [9.17, 15) is 4.79 Å². The molecule has 1 aliphatic heterocycles. The Hall–Kier alpha value is -1.00. The summed E-state index contributed by atoms with van der Waals surface area (Å²) >= 11 is 1.91. The number of hydrogen-bond donors (Lipinski definition) is 1. The Morgan fingerprint density at radius 2 is 2.12 bits per heavy atom. The summed E-state index contributed by atoms with van der Waals surface area (Å²) in [6.07, 6.45) is 0. The van der Waals surface area contributed by atoms with Crippen LogP contribution in [0.1, 0.15) is 15.9 Å². The Labute approximate surface area is 100.0 Å². The molecule has 1 heterocycles. The lowest BCUT2D eigenvalue weighted by Crippen LogP contribution is -2.37. The number of nitrogens with zero attached hydrogens (tertiary/aromatic N) is 1. The molecule has 1 aromatic carbocycles. The molecule has 1 amide bonds. The number of carbonyl (C=O) groups excluding carboxylic acids is 1. The van der Waals surface area contributed by atoms with Gasteiger partial charge in [0.05, 0.1) is 0 Å². The van der Waals surface area contributed by atoms with Gasteiger partial charge in [0.1, 0.15) is 0 Å². The van der Waals surface area contributed by atoms with E-state index in [2.05, 4.69) is 0 Å². The summed E-state index contributed by atoms with van der Waals surface area (Å²) in [6.45, 7) is 2.20. The van der Waals surface area contributed by atoms with E-state index in [-0.39, 0.29) is 5.91 Å². The van der Waals surface area contributed by atoms with E-state index in [1.807, 2.05) is 40.9 Å². The average Bonchev–Trinajstić information content (AvgIpc) is 2.39. The molecule has 0 saturated carbocycles. The molecular formula is C12H16N2OS. The van der Waals surface area contributed by atoms with Crippen molar-refractivity contribution in [3.8, 4) is 0 Å². The summed E-state index contributed by atoms with van der Waals surface area (Å²) in [6, 6.07) is 7.60. The van der Waals surface area contributed by atoms with Crippen molar-refractivity contribution in [1.82, 2.24) is 4.90 Å². The third-order valence-electron chi connectivity index (χ3n) is 2.71. The number of hydrogen-bond acceptors (Lipinski definition) is 3. The molecule has 0 aliphatic carbocycles. The highest BCUT2D eigenvalue weighted by molar-refractivity contribution is 7.99. The smallest absolute Gasteiger partial charge is 0.253 e. The zero-order valence-electron chi connectivity index (χ0n) is 9.19. The molecule has 16 heavy (non-hydrogen) atoms. The van der Waals surface area contributed by atoms with Gasteiger partial charge >= 0.3 is 0 Å². The molecule has 1 saturated heterocycles.